The summed E-state index contributed by atoms with van der Waals surface area (Å²) in [5.74, 6) is -0.571. The van der Waals surface area contributed by atoms with Crippen molar-refractivity contribution in [3.8, 4) is 5.75 Å². The number of amides is 1. The first-order valence-corrected chi connectivity index (χ1v) is 14.1. The van der Waals surface area contributed by atoms with Gasteiger partial charge in [-0.25, -0.2) is 4.98 Å². The van der Waals surface area contributed by atoms with Crippen molar-refractivity contribution in [2.75, 3.05) is 19.5 Å². The number of nitrogens with two attached hydrogens (primary N) is 2. The molecule has 1 saturated heterocycles. The van der Waals surface area contributed by atoms with E-state index in [2.05, 4.69) is 29.2 Å². The van der Waals surface area contributed by atoms with Crippen LogP contribution < -0.4 is 16.2 Å². The van der Waals surface area contributed by atoms with Crippen LogP contribution in [-0.4, -0.2) is 47.2 Å². The molecule has 0 radical (unpaired) electrons. The Kier molecular flexibility index (Phi) is 7.04. The zero-order valence-electron chi connectivity index (χ0n) is 24.0. The van der Waals surface area contributed by atoms with Crippen LogP contribution >= 0.6 is 0 Å². The lowest BCUT2D eigenvalue weighted by Crippen LogP contribution is -2.50. The number of primary amides is 1. The molecule has 3 atom stereocenters. The molecule has 1 amide bonds. The second-order valence-corrected chi connectivity index (χ2v) is 11.4. The fourth-order valence-electron chi connectivity index (χ4n) is 6.57. The molecule has 1 saturated carbocycles. The van der Waals surface area contributed by atoms with Gasteiger partial charge in [0.1, 0.15) is 23.3 Å². The summed E-state index contributed by atoms with van der Waals surface area (Å²) in [7, 11) is 1.65. The number of nitrogen functional groups attached to an aromatic ring is 1. The summed E-state index contributed by atoms with van der Waals surface area (Å²) in [6, 6.07) is 28.2. The molecular formula is C33H36N4O5. The molecule has 0 bridgehead atoms. The Bertz CT molecular complexity index is 1520. The van der Waals surface area contributed by atoms with Crippen LogP contribution in [0.25, 0.3) is 0 Å². The van der Waals surface area contributed by atoms with Crippen molar-refractivity contribution in [3.05, 3.63) is 114 Å². The molecule has 3 aromatic carbocycles. The molecule has 1 aliphatic heterocycles. The van der Waals surface area contributed by atoms with Crippen LogP contribution in [0.1, 0.15) is 53.9 Å². The third-order valence-electron chi connectivity index (χ3n) is 8.49. The Morgan fingerprint density at radius 1 is 0.976 bits per heavy atom. The van der Waals surface area contributed by atoms with Gasteiger partial charge in [-0.15, -0.1) is 0 Å². The second kappa shape index (κ2) is 10.6. The molecule has 2 heterocycles. The summed E-state index contributed by atoms with van der Waals surface area (Å²) < 4.78 is 27.4. The average molecular weight is 569 g/mol. The van der Waals surface area contributed by atoms with Crippen molar-refractivity contribution in [1.82, 2.24) is 9.55 Å². The summed E-state index contributed by atoms with van der Waals surface area (Å²) in [6.45, 7) is 3.97. The van der Waals surface area contributed by atoms with Crippen LogP contribution in [0, 0.1) is 0 Å². The van der Waals surface area contributed by atoms with Gasteiger partial charge >= 0.3 is 0 Å². The molecule has 1 aliphatic carbocycles. The number of hydrogen-bond acceptors (Lipinski definition) is 7. The van der Waals surface area contributed by atoms with Crippen LogP contribution in [0.2, 0.25) is 0 Å². The van der Waals surface area contributed by atoms with Crippen LogP contribution in [-0.2, 0) is 25.4 Å². The first kappa shape index (κ1) is 28.0. The summed E-state index contributed by atoms with van der Waals surface area (Å²) in [6.07, 6.45) is 2.30. The quantitative estimate of drug-likeness (QED) is 0.283. The summed E-state index contributed by atoms with van der Waals surface area (Å²) in [5.41, 5.74) is 13.2. The fraction of sp³-hybridized carbons (Fsp3) is 0.333. The minimum atomic E-state index is -1.02. The number of carbonyl (C=O) groups is 1. The van der Waals surface area contributed by atoms with Crippen molar-refractivity contribution in [1.29, 1.82) is 0 Å². The monoisotopic (exact) mass is 568 g/mol. The number of methoxy groups -OCH3 is 1. The standard InChI is InChI=1S/C33H36N4O5/c1-31(2)41-26-18-19-32(28(26)42-31,37-21-36-27(29(37)34)30(35)38)20-40-33(22-10-6-4-7-11-22,23-12-8-5-9-13-23)24-14-16-25(39-3)17-15-24/h4-17,21,26,28H,18-20,34H2,1-3H3,(H2,35,38)/t26-,28-,32-/m1/s1. The number of fused-ring (bicyclic) bond motifs is 1. The van der Waals surface area contributed by atoms with Gasteiger partial charge in [0.25, 0.3) is 5.91 Å². The summed E-state index contributed by atoms with van der Waals surface area (Å²) >= 11 is 0. The lowest BCUT2D eigenvalue weighted by molar-refractivity contribution is -0.171. The van der Waals surface area contributed by atoms with Gasteiger partial charge in [-0.3, -0.25) is 4.79 Å². The van der Waals surface area contributed by atoms with Gasteiger partial charge in [-0.2, -0.15) is 0 Å². The van der Waals surface area contributed by atoms with Crippen LogP contribution in [0.15, 0.2) is 91.3 Å². The van der Waals surface area contributed by atoms with Crippen LogP contribution in [0.5, 0.6) is 5.75 Å². The molecule has 4 N–H and O–H groups in total. The molecule has 9 heteroatoms. The van der Waals surface area contributed by atoms with Gasteiger partial charge in [0.2, 0.25) is 0 Å². The number of ether oxygens (including phenoxy) is 4. The maximum atomic E-state index is 12.2. The number of aromatic nitrogens is 2. The highest BCUT2D eigenvalue weighted by Crippen LogP contribution is 2.51. The topological polar surface area (TPSA) is 124 Å². The first-order chi connectivity index (χ1) is 20.2. The second-order valence-electron chi connectivity index (χ2n) is 11.4. The molecule has 1 aromatic heterocycles. The molecule has 2 fully saturated rings. The predicted molar refractivity (Wildman–Crippen MR) is 158 cm³/mol. The van der Waals surface area contributed by atoms with Gasteiger partial charge in [0.15, 0.2) is 11.5 Å². The third-order valence-corrected chi connectivity index (χ3v) is 8.49. The molecule has 0 unspecified atom stereocenters. The lowest BCUT2D eigenvalue weighted by atomic mass is 9.79. The zero-order valence-corrected chi connectivity index (χ0v) is 24.0. The third kappa shape index (κ3) is 4.54. The summed E-state index contributed by atoms with van der Waals surface area (Å²) in [4.78, 5) is 16.5. The number of benzene rings is 3. The molecule has 4 aromatic rings. The Balaban J connectivity index is 1.53. The van der Waals surface area contributed by atoms with Crippen molar-refractivity contribution >= 4 is 11.7 Å². The smallest absolute Gasteiger partial charge is 0.271 e. The van der Waals surface area contributed by atoms with E-state index >= 15 is 0 Å². The van der Waals surface area contributed by atoms with Crippen molar-refractivity contribution in [2.24, 2.45) is 5.73 Å². The molecular weight excluding hydrogens is 532 g/mol. The lowest BCUT2D eigenvalue weighted by Gasteiger charge is -2.42. The molecule has 218 valence electrons. The van der Waals surface area contributed by atoms with E-state index in [4.69, 9.17) is 30.4 Å². The first-order valence-electron chi connectivity index (χ1n) is 14.1. The summed E-state index contributed by atoms with van der Waals surface area (Å²) in [5, 5.41) is 0. The molecule has 6 rings (SSSR count). The van der Waals surface area contributed by atoms with Gasteiger partial charge in [0, 0.05) is 0 Å². The predicted octanol–water partition coefficient (Wildman–Crippen LogP) is 4.59. The maximum Gasteiger partial charge on any atom is 0.271 e. The SMILES string of the molecule is COc1ccc(C(OC[C@]2(n3cnc(C(N)=O)c3N)CC[C@H]3OC(C)(C)O[C@H]32)(c2ccccc2)c2ccccc2)cc1. The van der Waals surface area contributed by atoms with E-state index in [-0.39, 0.29) is 24.2 Å². The van der Waals surface area contributed by atoms with E-state index in [9.17, 15) is 4.79 Å². The van der Waals surface area contributed by atoms with Gasteiger partial charge in [0.05, 0.1) is 31.7 Å². The van der Waals surface area contributed by atoms with E-state index in [0.29, 0.717) is 12.8 Å². The Morgan fingerprint density at radius 3 is 2.12 bits per heavy atom. The van der Waals surface area contributed by atoms with Crippen molar-refractivity contribution in [2.45, 2.75) is 55.8 Å². The molecule has 0 spiro atoms. The number of carbonyl (C=O) groups excluding carboxylic acids is 1. The number of imidazole rings is 1. The Hall–Kier alpha value is -4.18. The van der Waals surface area contributed by atoms with E-state index in [1.165, 1.54) is 0 Å². The Labute approximate surface area is 245 Å². The van der Waals surface area contributed by atoms with Gasteiger partial charge in [-0.1, -0.05) is 72.8 Å². The van der Waals surface area contributed by atoms with Crippen LogP contribution in [0.3, 0.4) is 0 Å². The van der Waals surface area contributed by atoms with Gasteiger partial charge < -0.3 is 35.0 Å². The number of nitrogens with zero attached hydrogens (tertiary/aromatic N) is 2. The maximum absolute atomic E-state index is 12.2. The van der Waals surface area contributed by atoms with Crippen molar-refractivity contribution < 1.29 is 23.7 Å². The largest absolute Gasteiger partial charge is 0.497 e. The molecule has 2 aliphatic rings. The minimum Gasteiger partial charge on any atom is -0.497 e. The molecule has 42 heavy (non-hydrogen) atoms. The number of hydrogen-bond donors (Lipinski definition) is 2. The molecule has 9 nitrogen and oxygen atoms in total. The number of anilines is 1. The van der Waals surface area contributed by atoms with Crippen LogP contribution in [0.4, 0.5) is 5.82 Å². The van der Waals surface area contributed by atoms with E-state index < -0.39 is 28.9 Å². The number of rotatable bonds is 9. The average Bonchev–Trinajstić information content (AvgIpc) is 3.65. The van der Waals surface area contributed by atoms with Crippen molar-refractivity contribution in [3.63, 3.8) is 0 Å². The Morgan fingerprint density at radius 2 is 1.57 bits per heavy atom. The van der Waals surface area contributed by atoms with E-state index in [1.807, 2.05) is 74.5 Å². The minimum absolute atomic E-state index is 0.0172. The van der Waals surface area contributed by atoms with Gasteiger partial charge in [-0.05, 0) is 55.5 Å². The van der Waals surface area contributed by atoms with E-state index in [1.54, 1.807) is 18.0 Å². The highest BCUT2D eigenvalue weighted by atomic mass is 16.8. The fourth-order valence-corrected chi connectivity index (χ4v) is 6.57. The highest BCUT2D eigenvalue weighted by Gasteiger charge is 2.60. The highest BCUT2D eigenvalue weighted by molar-refractivity contribution is 5.95. The normalized spacial score (nSPS) is 23.0. The van der Waals surface area contributed by atoms with E-state index in [0.717, 1.165) is 22.4 Å². The zero-order chi connectivity index (χ0) is 29.5.